The van der Waals surface area contributed by atoms with Crippen molar-refractivity contribution in [3.05, 3.63) is 30.1 Å². The van der Waals surface area contributed by atoms with Gasteiger partial charge < -0.3 is 4.90 Å². The zero-order chi connectivity index (χ0) is 13.5. The van der Waals surface area contributed by atoms with E-state index in [1.807, 2.05) is 0 Å². The van der Waals surface area contributed by atoms with E-state index in [0.717, 1.165) is 12.8 Å². The van der Waals surface area contributed by atoms with Crippen molar-refractivity contribution >= 4 is 15.7 Å². The molecule has 3 rings (SSSR count). The molecule has 19 heavy (non-hydrogen) atoms. The topological polar surface area (TPSA) is 67.3 Å². The average molecular weight is 280 g/mol. The van der Waals surface area contributed by atoms with E-state index in [9.17, 15) is 13.2 Å². The van der Waals surface area contributed by atoms with Crippen molar-refractivity contribution in [1.29, 1.82) is 0 Å². The average Bonchev–Trinajstić information content (AvgIpc) is 3.15. The van der Waals surface area contributed by atoms with Crippen molar-refractivity contribution in [2.75, 3.05) is 11.5 Å². The van der Waals surface area contributed by atoms with Crippen molar-refractivity contribution in [3.63, 3.8) is 0 Å². The van der Waals surface area contributed by atoms with Crippen molar-refractivity contribution in [2.24, 2.45) is 0 Å². The minimum absolute atomic E-state index is 0.0993. The van der Waals surface area contributed by atoms with Gasteiger partial charge in [-0.2, -0.15) is 0 Å². The fourth-order valence-electron chi connectivity index (χ4n) is 2.60. The Morgan fingerprint density at radius 2 is 2.00 bits per heavy atom. The Hall–Kier alpha value is -1.43. The smallest absolute Gasteiger partial charge is 0.272 e. The van der Waals surface area contributed by atoms with Crippen LogP contribution in [0.25, 0.3) is 0 Å². The Balaban J connectivity index is 1.84. The summed E-state index contributed by atoms with van der Waals surface area (Å²) in [5, 5.41) is 0. The molecule has 0 bridgehead atoms. The number of carbonyl (C=O) groups is 1. The molecule has 0 aromatic carbocycles. The van der Waals surface area contributed by atoms with Gasteiger partial charge in [-0.15, -0.1) is 0 Å². The summed E-state index contributed by atoms with van der Waals surface area (Å²) in [7, 11) is -2.98. The Morgan fingerprint density at radius 3 is 2.53 bits per heavy atom. The van der Waals surface area contributed by atoms with Crippen LogP contribution in [0, 0.1) is 0 Å². The molecule has 0 radical (unpaired) electrons. The number of rotatable bonds is 3. The van der Waals surface area contributed by atoms with Gasteiger partial charge in [0, 0.05) is 18.3 Å². The molecule has 102 valence electrons. The molecular formula is C13H16N2O3S. The van der Waals surface area contributed by atoms with E-state index in [1.165, 1.54) is 0 Å². The molecule has 0 unspecified atom stereocenters. The van der Waals surface area contributed by atoms with Crippen LogP contribution in [0.2, 0.25) is 0 Å². The second-order valence-electron chi connectivity index (χ2n) is 5.22. The van der Waals surface area contributed by atoms with Crippen LogP contribution in [0.5, 0.6) is 0 Å². The maximum atomic E-state index is 12.5. The predicted molar refractivity (Wildman–Crippen MR) is 70.5 cm³/mol. The van der Waals surface area contributed by atoms with Crippen molar-refractivity contribution in [1.82, 2.24) is 9.88 Å². The second-order valence-corrected chi connectivity index (χ2v) is 7.44. The van der Waals surface area contributed by atoms with E-state index < -0.39 is 9.84 Å². The van der Waals surface area contributed by atoms with Gasteiger partial charge in [-0.25, -0.2) is 8.42 Å². The molecule has 2 aliphatic rings. The molecule has 1 aliphatic carbocycles. The first-order valence-electron chi connectivity index (χ1n) is 6.51. The number of aromatic nitrogens is 1. The van der Waals surface area contributed by atoms with Crippen molar-refractivity contribution in [3.8, 4) is 0 Å². The van der Waals surface area contributed by atoms with Crippen LogP contribution in [-0.4, -0.2) is 47.8 Å². The second kappa shape index (κ2) is 4.59. The quantitative estimate of drug-likeness (QED) is 0.824. The van der Waals surface area contributed by atoms with E-state index in [0.29, 0.717) is 12.1 Å². The minimum atomic E-state index is -2.98. The standard InChI is InChI=1S/C13H16N2O3S/c16-13(12-3-1-2-7-14-12)15(10-4-5-10)11-6-8-19(17,18)9-11/h1-3,7,10-11H,4-6,8-9H2/t11-/m0/s1. The van der Waals surface area contributed by atoms with E-state index in [-0.39, 0.29) is 29.5 Å². The van der Waals surface area contributed by atoms with E-state index in [4.69, 9.17) is 0 Å². The lowest BCUT2D eigenvalue weighted by Crippen LogP contribution is -2.43. The lowest BCUT2D eigenvalue weighted by atomic mass is 10.2. The first kappa shape index (κ1) is 12.6. The lowest BCUT2D eigenvalue weighted by Gasteiger charge is -2.27. The summed E-state index contributed by atoms with van der Waals surface area (Å²) in [6.45, 7) is 0. The SMILES string of the molecule is O=C(c1ccccn1)N(C1CC1)[C@H]1CCS(=O)(=O)C1. The van der Waals surface area contributed by atoms with Crippen molar-refractivity contribution < 1.29 is 13.2 Å². The predicted octanol–water partition coefficient (Wildman–Crippen LogP) is 0.873. The van der Waals surface area contributed by atoms with Crippen LogP contribution in [0.1, 0.15) is 29.8 Å². The van der Waals surface area contributed by atoms with E-state index in [1.54, 1.807) is 29.3 Å². The van der Waals surface area contributed by atoms with Crippen LogP contribution >= 0.6 is 0 Å². The molecule has 1 aromatic rings. The molecule has 0 N–H and O–H groups in total. The third-order valence-electron chi connectivity index (χ3n) is 3.66. The van der Waals surface area contributed by atoms with Gasteiger partial charge in [0.2, 0.25) is 0 Å². The van der Waals surface area contributed by atoms with Crippen LogP contribution < -0.4 is 0 Å². The molecular weight excluding hydrogens is 264 g/mol. The van der Waals surface area contributed by atoms with Gasteiger partial charge in [0.15, 0.2) is 9.84 Å². The normalized spacial score (nSPS) is 25.2. The molecule has 1 aliphatic heterocycles. The molecule has 0 spiro atoms. The Labute approximate surface area is 112 Å². The van der Waals surface area contributed by atoms with Crippen LogP contribution in [-0.2, 0) is 9.84 Å². The monoisotopic (exact) mass is 280 g/mol. The van der Waals surface area contributed by atoms with Crippen molar-refractivity contribution in [2.45, 2.75) is 31.3 Å². The fourth-order valence-corrected chi connectivity index (χ4v) is 4.31. The number of hydrogen-bond donors (Lipinski definition) is 0. The highest BCUT2D eigenvalue weighted by molar-refractivity contribution is 7.91. The number of pyridine rings is 1. The highest BCUT2D eigenvalue weighted by atomic mass is 32.2. The van der Waals surface area contributed by atoms with Gasteiger partial charge in [0.25, 0.3) is 5.91 Å². The first-order valence-corrected chi connectivity index (χ1v) is 8.33. The number of carbonyl (C=O) groups excluding carboxylic acids is 1. The maximum absolute atomic E-state index is 12.5. The molecule has 1 saturated heterocycles. The first-order chi connectivity index (χ1) is 9.07. The zero-order valence-electron chi connectivity index (χ0n) is 10.5. The number of nitrogens with zero attached hydrogens (tertiary/aromatic N) is 2. The Kier molecular flexibility index (Phi) is 3.05. The molecule has 2 heterocycles. The molecule has 1 aromatic heterocycles. The minimum Gasteiger partial charge on any atom is -0.330 e. The van der Waals surface area contributed by atoms with Gasteiger partial charge in [-0.3, -0.25) is 9.78 Å². The fraction of sp³-hybridized carbons (Fsp3) is 0.538. The van der Waals surface area contributed by atoms with Crippen LogP contribution in [0.3, 0.4) is 0 Å². The zero-order valence-corrected chi connectivity index (χ0v) is 11.3. The third-order valence-corrected chi connectivity index (χ3v) is 5.41. The summed E-state index contributed by atoms with van der Waals surface area (Å²) in [5.74, 6) is 0.156. The van der Waals surface area contributed by atoms with Crippen LogP contribution in [0.15, 0.2) is 24.4 Å². The maximum Gasteiger partial charge on any atom is 0.272 e. The lowest BCUT2D eigenvalue weighted by molar-refractivity contribution is 0.0674. The number of sulfone groups is 1. The summed E-state index contributed by atoms with van der Waals surface area (Å²) < 4.78 is 23.2. The molecule has 1 atom stereocenters. The highest BCUT2D eigenvalue weighted by Gasteiger charge is 2.42. The number of amides is 1. The van der Waals surface area contributed by atoms with E-state index in [2.05, 4.69) is 4.98 Å². The summed E-state index contributed by atoms with van der Waals surface area (Å²) in [5.41, 5.74) is 0.402. The largest absolute Gasteiger partial charge is 0.330 e. The Morgan fingerprint density at radius 1 is 1.21 bits per heavy atom. The third kappa shape index (κ3) is 2.63. The Bertz CT molecular complexity index is 581. The van der Waals surface area contributed by atoms with E-state index >= 15 is 0 Å². The van der Waals surface area contributed by atoms with Gasteiger partial charge in [0.1, 0.15) is 5.69 Å². The molecule has 1 saturated carbocycles. The van der Waals surface area contributed by atoms with Gasteiger partial charge in [-0.05, 0) is 31.4 Å². The van der Waals surface area contributed by atoms with Gasteiger partial charge in [-0.1, -0.05) is 6.07 Å². The van der Waals surface area contributed by atoms with Gasteiger partial charge in [0.05, 0.1) is 11.5 Å². The molecule has 5 nitrogen and oxygen atoms in total. The summed E-state index contributed by atoms with van der Waals surface area (Å²) in [6.07, 6.45) is 4.07. The molecule has 2 fully saturated rings. The molecule has 6 heteroatoms. The summed E-state index contributed by atoms with van der Waals surface area (Å²) in [4.78, 5) is 18.3. The van der Waals surface area contributed by atoms with Crippen LogP contribution in [0.4, 0.5) is 0 Å². The summed E-state index contributed by atoms with van der Waals surface area (Å²) >= 11 is 0. The molecule has 1 amide bonds. The summed E-state index contributed by atoms with van der Waals surface area (Å²) in [6, 6.07) is 5.25. The van der Waals surface area contributed by atoms with Gasteiger partial charge >= 0.3 is 0 Å². The number of hydrogen-bond acceptors (Lipinski definition) is 4. The highest BCUT2D eigenvalue weighted by Crippen LogP contribution is 2.33.